The summed E-state index contributed by atoms with van der Waals surface area (Å²) in [6.07, 6.45) is 0. The number of hydrogen-bond acceptors (Lipinski definition) is 5. The zero-order chi connectivity index (χ0) is 15.7. The van der Waals surface area contributed by atoms with Gasteiger partial charge in [-0.3, -0.25) is 0 Å². The normalized spacial score (nSPS) is 11.8. The maximum Gasteiger partial charge on any atom is 0.240 e. The van der Waals surface area contributed by atoms with Crippen molar-refractivity contribution < 1.29 is 13.2 Å². The quantitative estimate of drug-likeness (QED) is 0.616. The van der Waals surface area contributed by atoms with E-state index in [1.807, 2.05) is 25.9 Å². The molecule has 21 heavy (non-hydrogen) atoms. The highest BCUT2D eigenvalue weighted by molar-refractivity contribution is 7.89. The van der Waals surface area contributed by atoms with Gasteiger partial charge in [0.2, 0.25) is 10.0 Å². The lowest BCUT2D eigenvalue weighted by Gasteiger charge is -2.11. The summed E-state index contributed by atoms with van der Waals surface area (Å²) in [6.45, 7) is 5.30. The summed E-state index contributed by atoms with van der Waals surface area (Å²) in [5.74, 6) is 0.667. The Balaban J connectivity index is 2.52. The van der Waals surface area contributed by atoms with Crippen molar-refractivity contribution in [1.29, 1.82) is 0 Å². The molecular formula is C14H25N3O3S. The number of nitrogens with one attached hydrogen (secondary N) is 2. The minimum Gasteiger partial charge on any atom is -0.492 e. The largest absolute Gasteiger partial charge is 0.492 e. The predicted octanol–water partition coefficient (Wildman–Crippen LogP) is 0.515. The summed E-state index contributed by atoms with van der Waals surface area (Å²) in [5.41, 5.74) is 0. The van der Waals surface area contributed by atoms with Crippen LogP contribution in [-0.4, -0.2) is 60.2 Å². The molecule has 0 heterocycles. The van der Waals surface area contributed by atoms with Crippen LogP contribution in [0, 0.1) is 0 Å². The summed E-state index contributed by atoms with van der Waals surface area (Å²) < 4.78 is 32.2. The Kier molecular flexibility index (Phi) is 7.66. The molecule has 0 aliphatic heterocycles. The van der Waals surface area contributed by atoms with Crippen LogP contribution in [0.25, 0.3) is 0 Å². The van der Waals surface area contributed by atoms with Crippen molar-refractivity contribution in [3.05, 3.63) is 24.3 Å². The van der Waals surface area contributed by atoms with E-state index in [9.17, 15) is 8.42 Å². The number of rotatable bonds is 10. The van der Waals surface area contributed by atoms with Crippen molar-refractivity contribution in [1.82, 2.24) is 14.9 Å². The lowest BCUT2D eigenvalue weighted by molar-refractivity contribution is 0.315. The minimum absolute atomic E-state index is 0.250. The van der Waals surface area contributed by atoms with Gasteiger partial charge < -0.3 is 15.0 Å². The second-order valence-corrected chi connectivity index (χ2v) is 6.64. The van der Waals surface area contributed by atoms with Crippen LogP contribution in [0.1, 0.15) is 6.92 Å². The molecule has 0 radical (unpaired) electrons. The molecule has 0 aliphatic carbocycles. The van der Waals surface area contributed by atoms with Gasteiger partial charge in [-0.15, -0.1) is 0 Å². The molecule has 1 aromatic rings. The van der Waals surface area contributed by atoms with Crippen LogP contribution in [-0.2, 0) is 10.0 Å². The number of ether oxygens (including phenoxy) is 1. The number of hydrogen-bond donors (Lipinski definition) is 2. The first-order valence-corrected chi connectivity index (χ1v) is 8.52. The van der Waals surface area contributed by atoms with Crippen molar-refractivity contribution in [2.75, 3.05) is 46.9 Å². The number of nitrogens with zero attached hydrogens (tertiary/aromatic N) is 1. The Bertz CT molecular complexity index is 501. The van der Waals surface area contributed by atoms with Crippen LogP contribution in [0.4, 0.5) is 0 Å². The molecule has 0 spiro atoms. The van der Waals surface area contributed by atoms with Gasteiger partial charge in [0.25, 0.3) is 0 Å². The maximum atomic E-state index is 12.0. The van der Waals surface area contributed by atoms with Gasteiger partial charge in [0.15, 0.2) is 0 Å². The standard InChI is InChI=1S/C14H25N3O3S/c1-4-15-10-12-20-13-5-7-14(8-6-13)21(18,19)16-9-11-17(2)3/h5-8,15-16H,4,9-12H2,1-3H3. The lowest BCUT2D eigenvalue weighted by atomic mass is 10.3. The molecule has 1 rings (SSSR count). The molecule has 0 bridgehead atoms. The van der Waals surface area contributed by atoms with Gasteiger partial charge in [-0.1, -0.05) is 6.92 Å². The molecule has 0 atom stereocenters. The summed E-state index contributed by atoms with van der Waals surface area (Å²) in [4.78, 5) is 2.17. The fourth-order valence-corrected chi connectivity index (χ4v) is 2.64. The van der Waals surface area contributed by atoms with Crippen LogP contribution in [0.15, 0.2) is 29.2 Å². The van der Waals surface area contributed by atoms with Gasteiger partial charge >= 0.3 is 0 Å². The number of benzene rings is 1. The third-order valence-electron chi connectivity index (χ3n) is 2.78. The first-order chi connectivity index (χ1) is 9.95. The topological polar surface area (TPSA) is 70.7 Å². The summed E-state index contributed by atoms with van der Waals surface area (Å²) in [7, 11) is 0.347. The molecule has 0 saturated heterocycles. The molecule has 120 valence electrons. The predicted molar refractivity (Wildman–Crippen MR) is 84.2 cm³/mol. The van der Waals surface area contributed by atoms with Crippen LogP contribution in [0.3, 0.4) is 0 Å². The third kappa shape index (κ3) is 6.90. The van der Waals surface area contributed by atoms with E-state index in [0.29, 0.717) is 25.4 Å². The van der Waals surface area contributed by atoms with Gasteiger partial charge in [0.1, 0.15) is 12.4 Å². The van der Waals surface area contributed by atoms with E-state index in [-0.39, 0.29) is 4.90 Å². The molecule has 0 unspecified atom stereocenters. The molecule has 2 N–H and O–H groups in total. The Hall–Kier alpha value is -1.15. The molecule has 0 aromatic heterocycles. The molecule has 7 heteroatoms. The molecule has 0 saturated carbocycles. The summed E-state index contributed by atoms with van der Waals surface area (Å²) >= 11 is 0. The van der Waals surface area contributed by atoms with E-state index < -0.39 is 10.0 Å². The van der Waals surface area contributed by atoms with E-state index in [1.165, 1.54) is 0 Å². The highest BCUT2D eigenvalue weighted by atomic mass is 32.2. The van der Waals surface area contributed by atoms with Crippen LogP contribution >= 0.6 is 0 Å². The first-order valence-electron chi connectivity index (χ1n) is 7.03. The van der Waals surface area contributed by atoms with E-state index in [4.69, 9.17) is 4.74 Å². The first kappa shape index (κ1) is 17.9. The Morgan fingerprint density at radius 3 is 2.38 bits per heavy atom. The zero-order valence-electron chi connectivity index (χ0n) is 12.9. The van der Waals surface area contributed by atoms with Gasteiger partial charge in [-0.05, 0) is 44.9 Å². The van der Waals surface area contributed by atoms with E-state index in [1.54, 1.807) is 24.3 Å². The second kappa shape index (κ2) is 8.99. The molecular weight excluding hydrogens is 290 g/mol. The molecule has 0 fully saturated rings. The second-order valence-electron chi connectivity index (χ2n) is 4.87. The smallest absolute Gasteiger partial charge is 0.240 e. The van der Waals surface area contributed by atoms with E-state index in [0.717, 1.165) is 13.1 Å². The Labute approximate surface area is 127 Å². The fourth-order valence-electron chi connectivity index (χ4n) is 1.62. The minimum atomic E-state index is -3.45. The SMILES string of the molecule is CCNCCOc1ccc(S(=O)(=O)NCCN(C)C)cc1. The van der Waals surface area contributed by atoms with E-state index >= 15 is 0 Å². The van der Waals surface area contributed by atoms with Crippen molar-refractivity contribution >= 4 is 10.0 Å². The van der Waals surface area contributed by atoms with Gasteiger partial charge in [0, 0.05) is 19.6 Å². The molecule has 1 aromatic carbocycles. The fraction of sp³-hybridized carbons (Fsp3) is 0.571. The number of likely N-dealkylation sites (N-methyl/N-ethyl adjacent to an activating group) is 2. The van der Waals surface area contributed by atoms with Gasteiger partial charge in [-0.25, -0.2) is 13.1 Å². The maximum absolute atomic E-state index is 12.0. The zero-order valence-corrected chi connectivity index (χ0v) is 13.7. The van der Waals surface area contributed by atoms with E-state index in [2.05, 4.69) is 10.0 Å². The van der Waals surface area contributed by atoms with Crippen molar-refractivity contribution in [2.45, 2.75) is 11.8 Å². The van der Waals surface area contributed by atoms with Gasteiger partial charge in [0.05, 0.1) is 4.90 Å². The number of sulfonamides is 1. The molecule has 6 nitrogen and oxygen atoms in total. The monoisotopic (exact) mass is 315 g/mol. The van der Waals surface area contributed by atoms with Crippen LogP contribution in [0.5, 0.6) is 5.75 Å². The Morgan fingerprint density at radius 1 is 1.14 bits per heavy atom. The summed E-state index contributed by atoms with van der Waals surface area (Å²) in [5, 5.41) is 3.15. The molecule has 0 amide bonds. The van der Waals surface area contributed by atoms with Crippen molar-refractivity contribution in [2.24, 2.45) is 0 Å². The van der Waals surface area contributed by atoms with Crippen LogP contribution < -0.4 is 14.8 Å². The van der Waals surface area contributed by atoms with Crippen LogP contribution in [0.2, 0.25) is 0 Å². The molecule has 0 aliphatic rings. The van der Waals surface area contributed by atoms with Crippen molar-refractivity contribution in [3.8, 4) is 5.75 Å². The third-order valence-corrected chi connectivity index (χ3v) is 4.26. The average Bonchev–Trinajstić information content (AvgIpc) is 2.43. The highest BCUT2D eigenvalue weighted by Crippen LogP contribution is 2.15. The Morgan fingerprint density at radius 2 is 1.81 bits per heavy atom. The summed E-state index contributed by atoms with van der Waals surface area (Å²) in [6, 6.07) is 6.46. The highest BCUT2D eigenvalue weighted by Gasteiger charge is 2.13. The lowest BCUT2D eigenvalue weighted by Crippen LogP contribution is -2.31. The average molecular weight is 315 g/mol. The van der Waals surface area contributed by atoms with Crippen molar-refractivity contribution in [3.63, 3.8) is 0 Å². The van der Waals surface area contributed by atoms with Gasteiger partial charge in [-0.2, -0.15) is 0 Å².